The molecule has 1 aliphatic heterocycles. The molecule has 0 saturated carbocycles. The minimum absolute atomic E-state index is 0.0713. The number of pyridine rings is 1. The van der Waals surface area contributed by atoms with Crippen LogP contribution in [-0.4, -0.2) is 59.6 Å². The minimum atomic E-state index is -0.260. The molecule has 4 heterocycles. The zero-order valence-electron chi connectivity index (χ0n) is 19.9. The third kappa shape index (κ3) is 4.97. The van der Waals surface area contributed by atoms with Crippen molar-refractivity contribution in [3.8, 4) is 0 Å². The molecule has 3 aromatic heterocycles. The van der Waals surface area contributed by atoms with E-state index in [0.717, 1.165) is 41.8 Å². The van der Waals surface area contributed by atoms with E-state index in [1.165, 1.54) is 16.7 Å². The number of piperazine rings is 1. The van der Waals surface area contributed by atoms with Crippen LogP contribution in [0.15, 0.2) is 47.3 Å². The molecule has 1 saturated heterocycles. The monoisotopic (exact) mass is 494 g/mol. The summed E-state index contributed by atoms with van der Waals surface area (Å²) in [4.78, 5) is 35.2. The highest BCUT2D eigenvalue weighted by atomic mass is 32.1. The normalized spacial score (nSPS) is 17.0. The van der Waals surface area contributed by atoms with Crippen LogP contribution in [0.4, 0.5) is 9.80 Å². The van der Waals surface area contributed by atoms with E-state index in [0.29, 0.717) is 38.5 Å². The highest BCUT2D eigenvalue weighted by molar-refractivity contribution is 7.16. The lowest BCUT2D eigenvalue weighted by Gasteiger charge is -2.39. The van der Waals surface area contributed by atoms with Crippen molar-refractivity contribution in [1.29, 1.82) is 0 Å². The number of nitrogens with zero attached hydrogens (tertiary/aromatic N) is 3. The van der Waals surface area contributed by atoms with Crippen molar-refractivity contribution in [3.05, 3.63) is 70.3 Å². The predicted octanol–water partition coefficient (Wildman–Crippen LogP) is 4.73. The summed E-state index contributed by atoms with van der Waals surface area (Å²) >= 11 is 1.68. The summed E-state index contributed by atoms with van der Waals surface area (Å²) in [6.45, 7) is 4.79. The Morgan fingerprint density at radius 1 is 1.17 bits per heavy atom. The number of carbonyl (C=O) groups excluding carboxylic acids is 2. The third-order valence-corrected chi connectivity index (χ3v) is 7.89. The van der Waals surface area contributed by atoms with Gasteiger partial charge in [0.05, 0.1) is 18.9 Å². The number of hydrogen-bond acceptors (Lipinski definition) is 7. The van der Waals surface area contributed by atoms with Gasteiger partial charge in [-0.2, -0.15) is 0 Å². The number of nitrogens with one attached hydrogen (secondary N) is 1. The molecule has 2 aliphatic rings. The van der Waals surface area contributed by atoms with Gasteiger partial charge in [0.1, 0.15) is 5.00 Å². The van der Waals surface area contributed by atoms with Crippen LogP contribution in [0.2, 0.25) is 0 Å². The maximum Gasteiger partial charge on any atom is 0.409 e. The molecule has 1 aliphatic carbocycles. The second-order valence-electron chi connectivity index (χ2n) is 8.80. The number of aryl methyl sites for hydroxylation is 1. The summed E-state index contributed by atoms with van der Waals surface area (Å²) in [5, 5.41) is 4.03. The van der Waals surface area contributed by atoms with Crippen molar-refractivity contribution in [2.24, 2.45) is 0 Å². The molecule has 0 bridgehead atoms. The SMILES string of the molecule is CCOC(=O)N1CCN([C@@H](c2cccnc2)c2c(NC(=O)c3ccco3)sc3c2CCCC3)CC1. The van der Waals surface area contributed by atoms with E-state index >= 15 is 0 Å². The van der Waals surface area contributed by atoms with Crippen molar-refractivity contribution in [2.75, 3.05) is 38.1 Å². The second-order valence-corrected chi connectivity index (χ2v) is 9.90. The molecule has 1 N–H and O–H groups in total. The Balaban J connectivity index is 1.51. The second kappa shape index (κ2) is 10.6. The Hall–Kier alpha value is -3.17. The van der Waals surface area contributed by atoms with E-state index in [2.05, 4.69) is 21.3 Å². The molecular formula is C26H30N4O4S. The lowest BCUT2D eigenvalue weighted by Crippen LogP contribution is -2.50. The first-order valence-corrected chi connectivity index (χ1v) is 13.0. The number of thiophene rings is 1. The van der Waals surface area contributed by atoms with Crippen molar-refractivity contribution >= 4 is 28.3 Å². The molecule has 2 amide bonds. The van der Waals surface area contributed by atoms with Crippen molar-refractivity contribution in [2.45, 2.75) is 38.6 Å². The smallest absolute Gasteiger partial charge is 0.409 e. The Bertz CT molecular complexity index is 1150. The Morgan fingerprint density at radius 2 is 2.00 bits per heavy atom. The minimum Gasteiger partial charge on any atom is -0.459 e. The van der Waals surface area contributed by atoms with Crippen LogP contribution < -0.4 is 5.32 Å². The number of anilines is 1. The highest BCUT2D eigenvalue weighted by Crippen LogP contribution is 2.45. The molecule has 0 aromatic carbocycles. The van der Waals surface area contributed by atoms with Crippen LogP contribution in [0.25, 0.3) is 0 Å². The number of furan rings is 1. The summed E-state index contributed by atoms with van der Waals surface area (Å²) in [7, 11) is 0. The molecular weight excluding hydrogens is 464 g/mol. The maximum absolute atomic E-state index is 13.0. The van der Waals surface area contributed by atoms with Crippen LogP contribution >= 0.6 is 11.3 Å². The third-order valence-electron chi connectivity index (χ3n) is 6.66. The fraction of sp³-hybridized carbons (Fsp3) is 0.423. The van der Waals surface area contributed by atoms with Gasteiger partial charge in [0, 0.05) is 49.0 Å². The molecule has 0 spiro atoms. The number of hydrogen-bond donors (Lipinski definition) is 1. The van der Waals surface area contributed by atoms with Gasteiger partial charge in [-0.25, -0.2) is 4.79 Å². The number of carbonyl (C=O) groups is 2. The van der Waals surface area contributed by atoms with Gasteiger partial charge in [-0.05, 0) is 61.9 Å². The molecule has 184 valence electrons. The molecule has 9 heteroatoms. The number of aromatic nitrogens is 1. The number of ether oxygens (including phenoxy) is 1. The van der Waals surface area contributed by atoms with E-state index in [9.17, 15) is 9.59 Å². The average Bonchev–Trinajstić information content (AvgIpc) is 3.55. The number of rotatable bonds is 6. The summed E-state index contributed by atoms with van der Waals surface area (Å²) in [5.41, 5.74) is 3.58. The summed E-state index contributed by atoms with van der Waals surface area (Å²) < 4.78 is 10.6. The zero-order chi connectivity index (χ0) is 24.2. The van der Waals surface area contributed by atoms with E-state index in [1.807, 2.05) is 19.2 Å². The quantitative estimate of drug-likeness (QED) is 0.533. The van der Waals surface area contributed by atoms with Gasteiger partial charge in [-0.15, -0.1) is 11.3 Å². The van der Waals surface area contributed by atoms with Gasteiger partial charge in [-0.1, -0.05) is 6.07 Å². The van der Waals surface area contributed by atoms with Crippen LogP contribution in [0.5, 0.6) is 0 Å². The van der Waals surface area contributed by atoms with Crippen molar-refractivity contribution in [1.82, 2.24) is 14.8 Å². The van der Waals surface area contributed by atoms with Gasteiger partial charge < -0.3 is 19.4 Å². The zero-order valence-corrected chi connectivity index (χ0v) is 20.7. The molecule has 3 aromatic rings. The molecule has 8 nitrogen and oxygen atoms in total. The van der Waals surface area contributed by atoms with Gasteiger partial charge >= 0.3 is 6.09 Å². The first-order valence-electron chi connectivity index (χ1n) is 12.2. The largest absolute Gasteiger partial charge is 0.459 e. The average molecular weight is 495 g/mol. The van der Waals surface area contributed by atoms with E-state index in [4.69, 9.17) is 9.15 Å². The summed E-state index contributed by atoms with van der Waals surface area (Å²) in [5.74, 6) is 0.0511. The molecule has 1 fully saturated rings. The van der Waals surface area contributed by atoms with E-state index < -0.39 is 0 Å². The lowest BCUT2D eigenvalue weighted by atomic mass is 9.89. The van der Waals surface area contributed by atoms with Gasteiger partial charge in [0.2, 0.25) is 0 Å². The molecule has 5 rings (SSSR count). The van der Waals surface area contributed by atoms with Gasteiger partial charge in [0.15, 0.2) is 5.76 Å². The fourth-order valence-corrected chi connectivity index (χ4v) is 6.34. The highest BCUT2D eigenvalue weighted by Gasteiger charge is 2.35. The molecule has 1 atom stereocenters. The number of amides is 2. The summed E-state index contributed by atoms with van der Waals surface area (Å²) in [6.07, 6.45) is 9.26. The maximum atomic E-state index is 13.0. The van der Waals surface area contributed by atoms with Gasteiger partial charge in [-0.3, -0.25) is 14.7 Å². The van der Waals surface area contributed by atoms with E-state index in [1.54, 1.807) is 34.6 Å². The van der Waals surface area contributed by atoms with Crippen LogP contribution in [0, 0.1) is 0 Å². The Morgan fingerprint density at radius 3 is 2.71 bits per heavy atom. The van der Waals surface area contributed by atoms with Crippen LogP contribution in [0.1, 0.15) is 57.9 Å². The summed E-state index contributed by atoms with van der Waals surface area (Å²) in [6, 6.07) is 7.38. The van der Waals surface area contributed by atoms with E-state index in [-0.39, 0.29) is 18.0 Å². The topological polar surface area (TPSA) is 87.9 Å². The Labute approximate surface area is 208 Å². The Kier molecular flexibility index (Phi) is 7.15. The first-order chi connectivity index (χ1) is 17.2. The van der Waals surface area contributed by atoms with Crippen LogP contribution in [0.3, 0.4) is 0 Å². The standard InChI is InChI=1S/C26H30N4O4S/c1-2-33-26(32)30-14-12-29(13-15-30)23(18-7-5-11-27-17-18)22-19-8-3-4-10-21(19)35-25(22)28-24(31)20-9-6-16-34-20/h5-7,9,11,16-17,23H,2-4,8,10,12-15H2,1H3,(H,28,31)/t23-/m0/s1. The lowest BCUT2D eigenvalue weighted by molar-refractivity contribution is 0.0714. The van der Waals surface area contributed by atoms with Gasteiger partial charge in [0.25, 0.3) is 5.91 Å². The molecule has 0 radical (unpaired) electrons. The van der Waals surface area contributed by atoms with Crippen molar-refractivity contribution in [3.63, 3.8) is 0 Å². The first kappa shape index (κ1) is 23.6. The van der Waals surface area contributed by atoms with Crippen LogP contribution in [-0.2, 0) is 17.6 Å². The molecule has 0 unspecified atom stereocenters. The fourth-order valence-electron chi connectivity index (χ4n) is 5.02. The predicted molar refractivity (Wildman–Crippen MR) is 134 cm³/mol. The number of fused-ring (bicyclic) bond motifs is 1. The molecule has 35 heavy (non-hydrogen) atoms. The van der Waals surface area contributed by atoms with Crippen molar-refractivity contribution < 1.29 is 18.7 Å².